The van der Waals surface area contributed by atoms with Crippen molar-refractivity contribution >= 4 is 22.9 Å². The van der Waals surface area contributed by atoms with E-state index in [4.69, 9.17) is 4.74 Å². The zero-order valence-corrected chi connectivity index (χ0v) is 11.2. The Labute approximate surface area is 111 Å². The number of hydrogen-bond donors (Lipinski definition) is 2. The van der Waals surface area contributed by atoms with E-state index in [9.17, 15) is 0 Å². The summed E-state index contributed by atoms with van der Waals surface area (Å²) >= 11 is 0. The molecule has 0 radical (unpaired) electrons. The van der Waals surface area contributed by atoms with Crippen molar-refractivity contribution in [2.24, 2.45) is 0 Å². The molecule has 0 bridgehead atoms. The summed E-state index contributed by atoms with van der Waals surface area (Å²) in [6, 6.07) is 0. The summed E-state index contributed by atoms with van der Waals surface area (Å²) < 4.78 is 5.67. The van der Waals surface area contributed by atoms with Gasteiger partial charge < -0.3 is 19.9 Å². The standard InChI is InChI=1S/C12H18N6O/c1-13-12-16-10-9(14-7-15-10)11(17-12)18(2)6-8-4-3-5-19-8/h7-8H,3-6H2,1-2H3,(H2,13,14,15,16,17). The van der Waals surface area contributed by atoms with Crippen LogP contribution >= 0.6 is 0 Å². The third kappa shape index (κ3) is 2.33. The Morgan fingerprint density at radius 2 is 2.42 bits per heavy atom. The summed E-state index contributed by atoms with van der Waals surface area (Å²) in [7, 11) is 3.82. The Bertz CT molecular complexity index is 562. The lowest BCUT2D eigenvalue weighted by Crippen LogP contribution is -2.29. The van der Waals surface area contributed by atoms with Crippen LogP contribution in [0.1, 0.15) is 12.8 Å². The molecule has 0 amide bonds. The molecule has 2 N–H and O–H groups in total. The minimum atomic E-state index is 0.288. The molecule has 2 aromatic heterocycles. The number of likely N-dealkylation sites (N-methyl/N-ethyl adjacent to an activating group) is 1. The highest BCUT2D eigenvalue weighted by Gasteiger charge is 2.20. The maximum atomic E-state index is 5.67. The van der Waals surface area contributed by atoms with Crippen molar-refractivity contribution in [1.29, 1.82) is 0 Å². The summed E-state index contributed by atoms with van der Waals surface area (Å²) in [5.41, 5.74) is 1.54. The van der Waals surface area contributed by atoms with Crippen LogP contribution in [0.5, 0.6) is 0 Å². The van der Waals surface area contributed by atoms with Gasteiger partial charge in [-0.3, -0.25) is 0 Å². The maximum Gasteiger partial charge on any atom is 0.226 e. The SMILES string of the molecule is CNc1nc(N(C)CC2CCCO2)c2[nH]cnc2n1. The van der Waals surface area contributed by atoms with E-state index < -0.39 is 0 Å². The first-order chi connectivity index (χ1) is 9.28. The topological polar surface area (TPSA) is 79.0 Å². The molecule has 1 aliphatic heterocycles. The molecular weight excluding hydrogens is 244 g/mol. The molecule has 19 heavy (non-hydrogen) atoms. The second kappa shape index (κ2) is 5.00. The summed E-state index contributed by atoms with van der Waals surface area (Å²) in [5, 5.41) is 2.96. The Kier molecular flexibility index (Phi) is 3.20. The minimum absolute atomic E-state index is 0.288. The molecule has 3 heterocycles. The normalized spacial score (nSPS) is 18.9. The van der Waals surface area contributed by atoms with E-state index in [1.165, 1.54) is 0 Å². The molecule has 2 aromatic rings. The van der Waals surface area contributed by atoms with Crippen molar-refractivity contribution in [2.75, 3.05) is 37.5 Å². The third-order valence-electron chi connectivity index (χ3n) is 3.35. The molecule has 1 fully saturated rings. The highest BCUT2D eigenvalue weighted by atomic mass is 16.5. The first-order valence-electron chi connectivity index (χ1n) is 6.49. The highest BCUT2D eigenvalue weighted by molar-refractivity contribution is 5.84. The number of aromatic amines is 1. The molecule has 7 heteroatoms. The fourth-order valence-electron chi connectivity index (χ4n) is 2.39. The predicted octanol–water partition coefficient (Wildman–Crippen LogP) is 1.01. The average Bonchev–Trinajstić information content (AvgIpc) is 3.07. The number of fused-ring (bicyclic) bond motifs is 1. The molecule has 102 valence electrons. The van der Waals surface area contributed by atoms with Crippen molar-refractivity contribution in [2.45, 2.75) is 18.9 Å². The van der Waals surface area contributed by atoms with Crippen LogP contribution in [0.25, 0.3) is 11.2 Å². The van der Waals surface area contributed by atoms with Gasteiger partial charge in [-0.05, 0) is 12.8 Å². The molecule has 1 saturated heterocycles. The lowest BCUT2D eigenvalue weighted by atomic mass is 10.2. The number of aromatic nitrogens is 4. The number of anilines is 2. The molecule has 7 nitrogen and oxygen atoms in total. The maximum absolute atomic E-state index is 5.67. The van der Waals surface area contributed by atoms with Gasteiger partial charge in [0.1, 0.15) is 5.52 Å². The van der Waals surface area contributed by atoms with Crippen LogP contribution in [0, 0.1) is 0 Å². The number of hydrogen-bond acceptors (Lipinski definition) is 6. The van der Waals surface area contributed by atoms with E-state index >= 15 is 0 Å². The van der Waals surface area contributed by atoms with Crippen LogP contribution in [-0.4, -0.2) is 53.3 Å². The van der Waals surface area contributed by atoms with Crippen molar-refractivity contribution in [3.63, 3.8) is 0 Å². The molecule has 0 aromatic carbocycles. The van der Waals surface area contributed by atoms with Crippen LogP contribution in [-0.2, 0) is 4.74 Å². The number of rotatable bonds is 4. The molecule has 3 rings (SSSR count). The lowest BCUT2D eigenvalue weighted by molar-refractivity contribution is 0.116. The molecule has 0 saturated carbocycles. The smallest absolute Gasteiger partial charge is 0.226 e. The summed E-state index contributed by atoms with van der Waals surface area (Å²) in [6.45, 7) is 1.69. The van der Waals surface area contributed by atoms with E-state index in [0.29, 0.717) is 11.6 Å². The van der Waals surface area contributed by atoms with Crippen LogP contribution in [0.15, 0.2) is 6.33 Å². The molecule has 0 aliphatic carbocycles. The van der Waals surface area contributed by atoms with Crippen molar-refractivity contribution in [1.82, 2.24) is 19.9 Å². The number of ether oxygens (including phenoxy) is 1. The van der Waals surface area contributed by atoms with Crippen LogP contribution < -0.4 is 10.2 Å². The lowest BCUT2D eigenvalue weighted by Gasteiger charge is -2.22. The van der Waals surface area contributed by atoms with E-state index in [-0.39, 0.29) is 6.10 Å². The zero-order chi connectivity index (χ0) is 13.2. The van der Waals surface area contributed by atoms with Gasteiger partial charge >= 0.3 is 0 Å². The van der Waals surface area contributed by atoms with Gasteiger partial charge in [-0.15, -0.1) is 0 Å². The summed E-state index contributed by atoms with van der Waals surface area (Å²) in [4.78, 5) is 18.2. The van der Waals surface area contributed by atoms with Crippen LogP contribution in [0.4, 0.5) is 11.8 Å². The van der Waals surface area contributed by atoms with Crippen molar-refractivity contribution < 1.29 is 4.74 Å². The summed E-state index contributed by atoms with van der Waals surface area (Å²) in [5.74, 6) is 1.43. The van der Waals surface area contributed by atoms with Crippen LogP contribution in [0.2, 0.25) is 0 Å². The quantitative estimate of drug-likeness (QED) is 0.856. The summed E-state index contributed by atoms with van der Waals surface area (Å²) in [6.07, 6.45) is 4.18. The van der Waals surface area contributed by atoms with Gasteiger partial charge in [-0.2, -0.15) is 9.97 Å². The number of imidazole rings is 1. The Balaban J connectivity index is 1.90. The predicted molar refractivity (Wildman–Crippen MR) is 73.5 cm³/mol. The zero-order valence-electron chi connectivity index (χ0n) is 11.2. The number of H-pyrrole nitrogens is 1. The van der Waals surface area contributed by atoms with E-state index in [1.807, 2.05) is 7.05 Å². The minimum Gasteiger partial charge on any atom is -0.376 e. The monoisotopic (exact) mass is 262 g/mol. The average molecular weight is 262 g/mol. The highest BCUT2D eigenvalue weighted by Crippen LogP contribution is 2.23. The Hall–Kier alpha value is -1.89. The second-order valence-electron chi connectivity index (χ2n) is 4.74. The molecule has 1 atom stereocenters. The van der Waals surface area contributed by atoms with E-state index in [2.05, 4.69) is 30.2 Å². The fraction of sp³-hybridized carbons (Fsp3) is 0.583. The number of nitrogens with zero attached hydrogens (tertiary/aromatic N) is 4. The van der Waals surface area contributed by atoms with Crippen molar-refractivity contribution in [3.05, 3.63) is 6.33 Å². The van der Waals surface area contributed by atoms with Gasteiger partial charge in [0.05, 0.1) is 12.4 Å². The van der Waals surface area contributed by atoms with Gasteiger partial charge in [0.2, 0.25) is 5.95 Å². The van der Waals surface area contributed by atoms with Gasteiger partial charge in [0, 0.05) is 27.2 Å². The van der Waals surface area contributed by atoms with E-state index in [0.717, 1.165) is 37.3 Å². The van der Waals surface area contributed by atoms with Gasteiger partial charge in [0.15, 0.2) is 11.5 Å². The molecule has 0 spiro atoms. The van der Waals surface area contributed by atoms with Gasteiger partial charge in [0.25, 0.3) is 0 Å². The second-order valence-corrected chi connectivity index (χ2v) is 4.74. The first kappa shape index (κ1) is 12.2. The first-order valence-corrected chi connectivity index (χ1v) is 6.49. The fourth-order valence-corrected chi connectivity index (χ4v) is 2.39. The largest absolute Gasteiger partial charge is 0.376 e. The van der Waals surface area contributed by atoms with Gasteiger partial charge in [-0.1, -0.05) is 0 Å². The Morgan fingerprint density at radius 1 is 1.53 bits per heavy atom. The third-order valence-corrected chi connectivity index (χ3v) is 3.35. The van der Waals surface area contributed by atoms with Gasteiger partial charge in [-0.25, -0.2) is 4.98 Å². The Morgan fingerprint density at radius 3 is 3.16 bits per heavy atom. The van der Waals surface area contributed by atoms with E-state index in [1.54, 1.807) is 13.4 Å². The molecular formula is C12H18N6O. The molecule has 1 unspecified atom stereocenters. The van der Waals surface area contributed by atoms with Crippen LogP contribution in [0.3, 0.4) is 0 Å². The number of nitrogens with one attached hydrogen (secondary N) is 2. The molecule has 1 aliphatic rings. The van der Waals surface area contributed by atoms with Crippen molar-refractivity contribution in [3.8, 4) is 0 Å².